The number of hydrogen-bond donors (Lipinski definition) is 2. The van der Waals surface area contributed by atoms with Crippen molar-refractivity contribution >= 4 is 5.91 Å². The molecule has 16 heavy (non-hydrogen) atoms. The Labute approximate surface area is 93.6 Å². The third-order valence-corrected chi connectivity index (χ3v) is 2.14. The minimum Gasteiger partial charge on any atom is -0.491 e. The second-order valence-corrected chi connectivity index (χ2v) is 3.21. The fraction of sp³-hybridized carbons (Fsp3) is 0.364. The van der Waals surface area contributed by atoms with Crippen molar-refractivity contribution in [2.75, 3.05) is 13.7 Å². The maximum absolute atomic E-state index is 13.5. The van der Waals surface area contributed by atoms with Crippen LogP contribution in [0.2, 0.25) is 0 Å². The quantitative estimate of drug-likeness (QED) is 0.804. The van der Waals surface area contributed by atoms with Crippen molar-refractivity contribution < 1.29 is 13.9 Å². The second kappa shape index (κ2) is 5.46. The van der Waals surface area contributed by atoms with Gasteiger partial charge in [0, 0.05) is 7.05 Å². The standard InChI is InChI=1S/C11H15FN2O2/c1-3-16-9-5-4-7(6-8(9)12)10(13)11(15)14-2/h4-6,10H,3,13H2,1-2H3,(H,14,15). The third-order valence-electron chi connectivity index (χ3n) is 2.14. The predicted molar refractivity (Wildman–Crippen MR) is 58.6 cm³/mol. The van der Waals surface area contributed by atoms with Crippen LogP contribution >= 0.6 is 0 Å². The summed E-state index contributed by atoms with van der Waals surface area (Å²) in [6.45, 7) is 2.15. The van der Waals surface area contributed by atoms with E-state index in [2.05, 4.69) is 5.32 Å². The average molecular weight is 226 g/mol. The van der Waals surface area contributed by atoms with E-state index in [4.69, 9.17) is 10.5 Å². The van der Waals surface area contributed by atoms with Crippen LogP contribution in [0.3, 0.4) is 0 Å². The molecule has 0 spiro atoms. The van der Waals surface area contributed by atoms with Crippen molar-refractivity contribution in [3.63, 3.8) is 0 Å². The monoisotopic (exact) mass is 226 g/mol. The highest BCUT2D eigenvalue weighted by atomic mass is 19.1. The number of nitrogens with two attached hydrogens (primary N) is 1. The molecule has 5 heteroatoms. The van der Waals surface area contributed by atoms with Crippen molar-refractivity contribution in [2.45, 2.75) is 13.0 Å². The molecule has 1 aromatic carbocycles. The highest BCUT2D eigenvalue weighted by Crippen LogP contribution is 2.21. The SMILES string of the molecule is CCOc1ccc(C(N)C(=O)NC)cc1F. The van der Waals surface area contributed by atoms with Gasteiger partial charge in [-0.15, -0.1) is 0 Å². The van der Waals surface area contributed by atoms with Gasteiger partial charge >= 0.3 is 0 Å². The van der Waals surface area contributed by atoms with E-state index >= 15 is 0 Å². The zero-order chi connectivity index (χ0) is 12.1. The minimum atomic E-state index is -0.866. The van der Waals surface area contributed by atoms with Gasteiger partial charge in [0.1, 0.15) is 6.04 Å². The smallest absolute Gasteiger partial charge is 0.241 e. The van der Waals surface area contributed by atoms with Gasteiger partial charge in [0.05, 0.1) is 6.61 Å². The van der Waals surface area contributed by atoms with E-state index in [1.165, 1.54) is 19.2 Å². The first kappa shape index (κ1) is 12.4. The van der Waals surface area contributed by atoms with Gasteiger partial charge in [0.2, 0.25) is 5.91 Å². The summed E-state index contributed by atoms with van der Waals surface area (Å²) in [5, 5.41) is 2.40. The van der Waals surface area contributed by atoms with Gasteiger partial charge in [-0.2, -0.15) is 0 Å². The molecule has 1 amide bonds. The summed E-state index contributed by atoms with van der Waals surface area (Å²) >= 11 is 0. The largest absolute Gasteiger partial charge is 0.491 e. The van der Waals surface area contributed by atoms with Crippen LogP contribution in [0.15, 0.2) is 18.2 Å². The van der Waals surface area contributed by atoms with Gasteiger partial charge in [-0.05, 0) is 24.6 Å². The Hall–Kier alpha value is -1.62. The molecule has 1 aromatic rings. The van der Waals surface area contributed by atoms with Crippen LogP contribution in [0.5, 0.6) is 5.75 Å². The molecule has 1 atom stereocenters. The molecule has 0 aliphatic rings. The highest BCUT2D eigenvalue weighted by molar-refractivity contribution is 5.82. The number of benzene rings is 1. The van der Waals surface area contributed by atoms with Gasteiger partial charge in [-0.1, -0.05) is 6.07 Å². The fourth-order valence-corrected chi connectivity index (χ4v) is 1.29. The predicted octanol–water partition coefficient (Wildman–Crippen LogP) is 0.970. The number of likely N-dealkylation sites (N-methyl/N-ethyl adjacent to an activating group) is 1. The second-order valence-electron chi connectivity index (χ2n) is 3.21. The molecule has 88 valence electrons. The molecule has 0 saturated carbocycles. The molecule has 3 N–H and O–H groups in total. The Kier molecular flexibility index (Phi) is 4.25. The van der Waals surface area contributed by atoms with Crippen molar-refractivity contribution in [2.24, 2.45) is 5.73 Å². The van der Waals surface area contributed by atoms with E-state index in [0.29, 0.717) is 12.2 Å². The van der Waals surface area contributed by atoms with Crippen molar-refractivity contribution in [1.29, 1.82) is 0 Å². The average Bonchev–Trinajstić information content (AvgIpc) is 2.30. The lowest BCUT2D eigenvalue weighted by atomic mass is 10.1. The Morgan fingerprint density at radius 1 is 1.62 bits per heavy atom. The number of hydrogen-bond acceptors (Lipinski definition) is 3. The van der Waals surface area contributed by atoms with Crippen LogP contribution in [-0.4, -0.2) is 19.6 Å². The maximum Gasteiger partial charge on any atom is 0.241 e. The number of nitrogens with one attached hydrogen (secondary N) is 1. The minimum absolute atomic E-state index is 0.162. The Balaban J connectivity index is 2.92. The first-order valence-electron chi connectivity index (χ1n) is 4.99. The van der Waals surface area contributed by atoms with Crippen LogP contribution < -0.4 is 15.8 Å². The number of halogens is 1. The van der Waals surface area contributed by atoms with Gasteiger partial charge < -0.3 is 15.8 Å². The summed E-state index contributed by atoms with van der Waals surface area (Å²) in [6.07, 6.45) is 0. The first-order chi connectivity index (χ1) is 7.60. The number of ether oxygens (including phenoxy) is 1. The Bertz CT molecular complexity index is 382. The van der Waals surface area contributed by atoms with Crippen LogP contribution in [0.4, 0.5) is 4.39 Å². The number of amides is 1. The van der Waals surface area contributed by atoms with Crippen LogP contribution in [0, 0.1) is 5.82 Å². The molecular formula is C11H15FN2O2. The number of carbonyl (C=O) groups is 1. The van der Waals surface area contributed by atoms with Crippen molar-refractivity contribution in [1.82, 2.24) is 5.32 Å². The lowest BCUT2D eigenvalue weighted by Crippen LogP contribution is -2.31. The topological polar surface area (TPSA) is 64.3 Å². The van der Waals surface area contributed by atoms with E-state index in [0.717, 1.165) is 0 Å². The summed E-state index contributed by atoms with van der Waals surface area (Å²) in [4.78, 5) is 11.2. The van der Waals surface area contributed by atoms with Crippen LogP contribution in [0.25, 0.3) is 0 Å². The molecule has 0 saturated heterocycles. The molecule has 0 aromatic heterocycles. The normalized spacial score (nSPS) is 12.0. The summed E-state index contributed by atoms with van der Waals surface area (Å²) in [6, 6.07) is 3.39. The van der Waals surface area contributed by atoms with Crippen molar-refractivity contribution in [3.05, 3.63) is 29.6 Å². The molecule has 1 unspecified atom stereocenters. The van der Waals surface area contributed by atoms with Gasteiger partial charge in [-0.3, -0.25) is 4.79 Å². The molecule has 0 aliphatic heterocycles. The number of carbonyl (C=O) groups excluding carboxylic acids is 1. The maximum atomic E-state index is 13.5. The van der Waals surface area contributed by atoms with Crippen LogP contribution in [0.1, 0.15) is 18.5 Å². The molecule has 4 nitrogen and oxygen atoms in total. The summed E-state index contributed by atoms with van der Waals surface area (Å²) < 4.78 is 18.5. The lowest BCUT2D eigenvalue weighted by Gasteiger charge is -2.12. The lowest BCUT2D eigenvalue weighted by molar-refractivity contribution is -0.121. The van der Waals surface area contributed by atoms with Gasteiger partial charge in [0.25, 0.3) is 0 Å². The zero-order valence-electron chi connectivity index (χ0n) is 9.29. The van der Waals surface area contributed by atoms with Crippen molar-refractivity contribution in [3.8, 4) is 5.75 Å². The third kappa shape index (κ3) is 2.70. The molecule has 0 radical (unpaired) electrons. The molecule has 0 heterocycles. The van der Waals surface area contributed by atoms with E-state index in [-0.39, 0.29) is 11.7 Å². The van der Waals surface area contributed by atoms with Gasteiger partial charge in [-0.25, -0.2) is 4.39 Å². The Morgan fingerprint density at radius 2 is 2.31 bits per heavy atom. The first-order valence-corrected chi connectivity index (χ1v) is 4.99. The summed E-state index contributed by atoms with van der Waals surface area (Å²) in [5.41, 5.74) is 6.04. The fourth-order valence-electron chi connectivity index (χ4n) is 1.29. The van der Waals surface area contributed by atoms with E-state index < -0.39 is 11.9 Å². The molecular weight excluding hydrogens is 211 g/mol. The van der Waals surface area contributed by atoms with Gasteiger partial charge in [0.15, 0.2) is 11.6 Å². The number of rotatable bonds is 4. The van der Waals surface area contributed by atoms with Crippen LogP contribution in [-0.2, 0) is 4.79 Å². The summed E-state index contributed by atoms with van der Waals surface area (Å²) in [7, 11) is 1.48. The summed E-state index contributed by atoms with van der Waals surface area (Å²) in [5.74, 6) is -0.711. The Morgan fingerprint density at radius 3 is 2.81 bits per heavy atom. The molecule has 1 rings (SSSR count). The van der Waals surface area contributed by atoms with E-state index in [9.17, 15) is 9.18 Å². The molecule has 0 fully saturated rings. The molecule has 0 bridgehead atoms. The molecule has 0 aliphatic carbocycles. The zero-order valence-corrected chi connectivity index (χ0v) is 9.29. The highest BCUT2D eigenvalue weighted by Gasteiger charge is 2.16. The van der Waals surface area contributed by atoms with E-state index in [1.54, 1.807) is 13.0 Å². The van der Waals surface area contributed by atoms with E-state index in [1.807, 2.05) is 0 Å².